The predicted molar refractivity (Wildman–Crippen MR) is 115 cm³/mol. The third-order valence-electron chi connectivity index (χ3n) is 5.86. The lowest BCUT2D eigenvalue weighted by molar-refractivity contribution is 0.0529. The first-order chi connectivity index (χ1) is 13.7. The average Bonchev–Trinajstić information content (AvgIpc) is 3.54. The standard InChI is InChI=1S/C23H37N3O2/c1-3-24-22(25-13-6-14-28-17-20-9-10-20)26-18-23(11-15-27-16-12-23)21-8-5-4-7-19(21)2/h4-5,7-8,20H,3,6,9-18H2,1-2H3,(H2,24,25,26). The number of aliphatic imine (C=N–C) groups is 1. The van der Waals surface area contributed by atoms with Gasteiger partial charge in [-0.15, -0.1) is 0 Å². The number of nitrogens with zero attached hydrogens (tertiary/aromatic N) is 1. The van der Waals surface area contributed by atoms with Crippen molar-refractivity contribution in [2.75, 3.05) is 46.1 Å². The Morgan fingerprint density at radius 2 is 2.00 bits per heavy atom. The average molecular weight is 388 g/mol. The summed E-state index contributed by atoms with van der Waals surface area (Å²) in [7, 11) is 0. The molecule has 28 heavy (non-hydrogen) atoms. The molecule has 1 heterocycles. The lowest BCUT2D eigenvalue weighted by atomic mass is 9.72. The molecule has 0 radical (unpaired) electrons. The van der Waals surface area contributed by atoms with Gasteiger partial charge in [0.2, 0.25) is 0 Å². The maximum atomic E-state index is 5.73. The smallest absolute Gasteiger partial charge is 0.191 e. The second-order valence-electron chi connectivity index (χ2n) is 8.20. The maximum absolute atomic E-state index is 5.73. The number of hydrogen-bond acceptors (Lipinski definition) is 3. The number of nitrogens with one attached hydrogen (secondary N) is 2. The highest BCUT2D eigenvalue weighted by Crippen LogP contribution is 2.37. The van der Waals surface area contributed by atoms with Crippen molar-refractivity contribution in [1.82, 2.24) is 10.6 Å². The Bertz CT molecular complexity index is 622. The molecule has 1 saturated carbocycles. The van der Waals surface area contributed by atoms with E-state index in [9.17, 15) is 0 Å². The molecule has 1 saturated heterocycles. The summed E-state index contributed by atoms with van der Waals surface area (Å²) < 4.78 is 11.4. The number of ether oxygens (including phenoxy) is 2. The molecule has 1 aliphatic carbocycles. The van der Waals surface area contributed by atoms with E-state index in [1.54, 1.807) is 0 Å². The van der Waals surface area contributed by atoms with Gasteiger partial charge < -0.3 is 20.1 Å². The van der Waals surface area contributed by atoms with Gasteiger partial charge in [0.15, 0.2) is 5.96 Å². The van der Waals surface area contributed by atoms with E-state index in [4.69, 9.17) is 14.5 Å². The van der Waals surface area contributed by atoms with Crippen LogP contribution in [-0.2, 0) is 14.9 Å². The van der Waals surface area contributed by atoms with Gasteiger partial charge in [-0.25, -0.2) is 0 Å². The third kappa shape index (κ3) is 6.21. The summed E-state index contributed by atoms with van der Waals surface area (Å²) in [5.41, 5.74) is 2.84. The van der Waals surface area contributed by atoms with E-state index >= 15 is 0 Å². The maximum Gasteiger partial charge on any atom is 0.191 e. The van der Waals surface area contributed by atoms with Gasteiger partial charge >= 0.3 is 0 Å². The van der Waals surface area contributed by atoms with E-state index in [1.165, 1.54) is 24.0 Å². The first kappa shape index (κ1) is 21.1. The highest BCUT2D eigenvalue weighted by molar-refractivity contribution is 5.79. The Hall–Kier alpha value is -1.59. The first-order valence-corrected chi connectivity index (χ1v) is 11.0. The summed E-state index contributed by atoms with van der Waals surface area (Å²) in [5, 5.41) is 6.87. The van der Waals surface area contributed by atoms with Crippen molar-refractivity contribution in [3.05, 3.63) is 35.4 Å². The topological polar surface area (TPSA) is 54.9 Å². The Labute approximate surface area is 170 Å². The number of benzene rings is 1. The molecule has 1 aromatic rings. The minimum absolute atomic E-state index is 0.0688. The van der Waals surface area contributed by atoms with Crippen LogP contribution in [0.4, 0.5) is 0 Å². The second kappa shape index (κ2) is 10.8. The highest BCUT2D eigenvalue weighted by atomic mass is 16.5. The minimum Gasteiger partial charge on any atom is -0.381 e. The van der Waals surface area contributed by atoms with Crippen LogP contribution in [0.5, 0.6) is 0 Å². The SMILES string of the molecule is CCNC(=NCC1(c2ccccc2C)CCOCC1)NCCCOCC1CC1. The zero-order valence-electron chi connectivity index (χ0n) is 17.6. The third-order valence-corrected chi connectivity index (χ3v) is 5.86. The highest BCUT2D eigenvalue weighted by Gasteiger charge is 2.35. The van der Waals surface area contributed by atoms with E-state index in [0.717, 1.165) is 77.2 Å². The van der Waals surface area contributed by atoms with E-state index in [2.05, 4.69) is 48.7 Å². The summed E-state index contributed by atoms with van der Waals surface area (Å²) in [6.07, 6.45) is 5.76. The lowest BCUT2D eigenvalue weighted by Crippen LogP contribution is -2.42. The van der Waals surface area contributed by atoms with Gasteiger partial charge in [-0.1, -0.05) is 24.3 Å². The van der Waals surface area contributed by atoms with Crippen LogP contribution in [0.1, 0.15) is 50.2 Å². The molecule has 5 heteroatoms. The molecule has 1 aliphatic heterocycles. The van der Waals surface area contributed by atoms with E-state index in [1.807, 2.05) is 0 Å². The van der Waals surface area contributed by atoms with Gasteiger partial charge in [0.25, 0.3) is 0 Å². The molecule has 5 nitrogen and oxygen atoms in total. The monoisotopic (exact) mass is 387 g/mol. The summed E-state index contributed by atoms with van der Waals surface area (Å²) in [4.78, 5) is 4.98. The summed E-state index contributed by atoms with van der Waals surface area (Å²) in [6.45, 7) is 10.2. The fourth-order valence-electron chi connectivity index (χ4n) is 3.93. The fourth-order valence-corrected chi connectivity index (χ4v) is 3.93. The number of guanidine groups is 1. The zero-order valence-corrected chi connectivity index (χ0v) is 17.6. The molecule has 1 aromatic carbocycles. The fraction of sp³-hybridized carbons (Fsp3) is 0.696. The number of rotatable bonds is 10. The van der Waals surface area contributed by atoms with E-state index < -0.39 is 0 Å². The van der Waals surface area contributed by atoms with Crippen LogP contribution in [-0.4, -0.2) is 52.0 Å². The largest absolute Gasteiger partial charge is 0.381 e. The van der Waals surface area contributed by atoms with Crippen LogP contribution in [0.2, 0.25) is 0 Å². The van der Waals surface area contributed by atoms with Crippen LogP contribution in [0.15, 0.2) is 29.3 Å². The van der Waals surface area contributed by atoms with Gasteiger partial charge in [0.05, 0.1) is 6.54 Å². The molecule has 0 amide bonds. The van der Waals surface area contributed by atoms with E-state index in [-0.39, 0.29) is 5.41 Å². The quantitative estimate of drug-likeness (QED) is 0.367. The van der Waals surface area contributed by atoms with Crippen LogP contribution in [0.3, 0.4) is 0 Å². The number of hydrogen-bond donors (Lipinski definition) is 2. The molecule has 0 aromatic heterocycles. The summed E-state index contributed by atoms with van der Waals surface area (Å²) in [5.74, 6) is 1.74. The van der Waals surface area contributed by atoms with Gasteiger partial charge in [0.1, 0.15) is 0 Å². The molecule has 156 valence electrons. The van der Waals surface area contributed by atoms with Crippen LogP contribution in [0.25, 0.3) is 0 Å². The van der Waals surface area contributed by atoms with Crippen LogP contribution < -0.4 is 10.6 Å². The number of aryl methyl sites for hydroxylation is 1. The Morgan fingerprint density at radius 3 is 2.71 bits per heavy atom. The molecule has 2 fully saturated rings. The molecule has 0 bridgehead atoms. The van der Waals surface area contributed by atoms with Crippen molar-refractivity contribution in [2.24, 2.45) is 10.9 Å². The molecule has 0 unspecified atom stereocenters. The van der Waals surface area contributed by atoms with Gasteiger partial charge in [-0.3, -0.25) is 4.99 Å². The summed E-state index contributed by atoms with van der Waals surface area (Å²) >= 11 is 0. The van der Waals surface area contributed by atoms with Crippen LogP contribution >= 0.6 is 0 Å². The van der Waals surface area contributed by atoms with Crippen molar-refractivity contribution in [2.45, 2.75) is 51.4 Å². The van der Waals surface area contributed by atoms with Gasteiger partial charge in [-0.2, -0.15) is 0 Å². The Balaban J connectivity index is 1.57. The van der Waals surface area contributed by atoms with Crippen molar-refractivity contribution in [3.63, 3.8) is 0 Å². The molecule has 0 atom stereocenters. The first-order valence-electron chi connectivity index (χ1n) is 11.0. The zero-order chi connectivity index (χ0) is 19.7. The molecule has 2 N–H and O–H groups in total. The Kier molecular flexibility index (Phi) is 8.16. The van der Waals surface area contributed by atoms with Crippen molar-refractivity contribution < 1.29 is 9.47 Å². The predicted octanol–water partition coefficient (Wildman–Crippen LogP) is 3.42. The normalized spacial score (nSPS) is 19.4. The summed E-state index contributed by atoms with van der Waals surface area (Å²) in [6, 6.07) is 8.75. The van der Waals surface area contributed by atoms with E-state index in [0.29, 0.717) is 0 Å². The Morgan fingerprint density at radius 1 is 1.21 bits per heavy atom. The van der Waals surface area contributed by atoms with Crippen LogP contribution in [0, 0.1) is 12.8 Å². The van der Waals surface area contributed by atoms with Crippen molar-refractivity contribution >= 4 is 5.96 Å². The second-order valence-corrected chi connectivity index (χ2v) is 8.20. The molecule has 3 rings (SSSR count). The molecular formula is C23H37N3O2. The minimum atomic E-state index is 0.0688. The van der Waals surface area contributed by atoms with Crippen molar-refractivity contribution in [1.29, 1.82) is 0 Å². The van der Waals surface area contributed by atoms with Crippen molar-refractivity contribution in [3.8, 4) is 0 Å². The lowest BCUT2D eigenvalue weighted by Gasteiger charge is -2.37. The van der Waals surface area contributed by atoms with Gasteiger partial charge in [-0.05, 0) is 63.0 Å². The molecule has 2 aliphatic rings. The molecule has 0 spiro atoms. The molecular weight excluding hydrogens is 350 g/mol. The van der Waals surface area contributed by atoms with Gasteiger partial charge in [0, 0.05) is 44.9 Å².